The smallest absolute Gasteiger partial charge is 0.00556 e. The fourth-order valence-corrected chi connectivity index (χ4v) is 1.92. The maximum Gasteiger partial charge on any atom is 0.00556 e. The van der Waals surface area contributed by atoms with Crippen molar-refractivity contribution in [3.63, 3.8) is 0 Å². The molecule has 0 nitrogen and oxygen atoms in total. The number of hydrogen-bond acceptors (Lipinski definition) is 1. The maximum absolute atomic E-state index is 4.50. The highest BCUT2D eigenvalue weighted by atomic mass is 32.1. The van der Waals surface area contributed by atoms with Gasteiger partial charge in [0.25, 0.3) is 0 Å². The zero-order valence-corrected chi connectivity index (χ0v) is 10.2. The molecule has 0 heterocycles. The van der Waals surface area contributed by atoms with Crippen molar-refractivity contribution in [2.24, 2.45) is 11.3 Å². The Morgan fingerprint density at radius 2 is 1.85 bits per heavy atom. The van der Waals surface area contributed by atoms with Crippen molar-refractivity contribution < 1.29 is 0 Å². The zero-order chi connectivity index (χ0) is 10.2. The molecule has 0 amide bonds. The van der Waals surface area contributed by atoms with Crippen LogP contribution >= 0.6 is 12.6 Å². The second-order valence-electron chi connectivity index (χ2n) is 5.16. The molecule has 74 valence electrons. The van der Waals surface area contributed by atoms with E-state index in [9.17, 15) is 0 Å². The van der Waals surface area contributed by atoms with Crippen molar-refractivity contribution >= 4 is 12.6 Å². The van der Waals surface area contributed by atoms with E-state index in [0.717, 1.165) is 0 Å². The Morgan fingerprint density at radius 1 is 1.31 bits per heavy atom. The van der Waals surface area contributed by atoms with Crippen molar-refractivity contribution in [2.75, 3.05) is 0 Å². The summed E-state index contributed by atoms with van der Waals surface area (Å²) >= 11 is 4.50. The van der Waals surface area contributed by atoms with E-state index in [1.54, 1.807) is 0 Å². The van der Waals surface area contributed by atoms with E-state index in [4.69, 9.17) is 0 Å². The highest BCUT2D eigenvalue weighted by molar-refractivity contribution is 7.84. The predicted molar refractivity (Wildman–Crippen MR) is 63.0 cm³/mol. The van der Waals surface area contributed by atoms with Crippen LogP contribution in [0.25, 0.3) is 0 Å². The molecule has 0 aliphatic heterocycles. The van der Waals surface area contributed by atoms with Gasteiger partial charge in [-0.1, -0.05) is 32.4 Å². The molecule has 1 aliphatic carbocycles. The Hall–Kier alpha value is -0.170. The van der Waals surface area contributed by atoms with Crippen molar-refractivity contribution in [1.82, 2.24) is 0 Å². The Labute approximate surface area is 87.5 Å². The molecular weight excluding hydrogens is 176 g/mol. The lowest BCUT2D eigenvalue weighted by Gasteiger charge is -2.32. The summed E-state index contributed by atoms with van der Waals surface area (Å²) in [4.78, 5) is 1.19. The van der Waals surface area contributed by atoms with Crippen LogP contribution in [0.5, 0.6) is 0 Å². The van der Waals surface area contributed by atoms with Crippen LogP contribution in [0.2, 0.25) is 0 Å². The summed E-state index contributed by atoms with van der Waals surface area (Å²) < 4.78 is 0. The van der Waals surface area contributed by atoms with Gasteiger partial charge < -0.3 is 0 Å². The monoisotopic (exact) mass is 196 g/mol. The summed E-state index contributed by atoms with van der Waals surface area (Å²) in [7, 11) is 0. The number of hydrogen-bond donors (Lipinski definition) is 1. The van der Waals surface area contributed by atoms with Crippen LogP contribution in [0.1, 0.15) is 41.0 Å². The lowest BCUT2D eigenvalue weighted by Crippen LogP contribution is -2.21. The van der Waals surface area contributed by atoms with Gasteiger partial charge in [0.2, 0.25) is 0 Å². The maximum atomic E-state index is 4.50. The van der Waals surface area contributed by atoms with Crippen LogP contribution < -0.4 is 0 Å². The Kier molecular flexibility index (Phi) is 2.96. The normalized spacial score (nSPS) is 24.8. The highest BCUT2D eigenvalue weighted by Crippen LogP contribution is 2.39. The molecule has 1 atom stereocenters. The molecule has 0 saturated heterocycles. The van der Waals surface area contributed by atoms with Gasteiger partial charge in [-0.05, 0) is 37.2 Å². The topological polar surface area (TPSA) is 0 Å². The van der Waals surface area contributed by atoms with Gasteiger partial charge in [-0.15, -0.1) is 12.6 Å². The van der Waals surface area contributed by atoms with Gasteiger partial charge in [-0.3, -0.25) is 0 Å². The molecule has 0 aromatic carbocycles. The Bertz CT molecular complexity index is 263. The van der Waals surface area contributed by atoms with Crippen molar-refractivity contribution in [2.45, 2.75) is 41.0 Å². The molecule has 1 unspecified atom stereocenters. The van der Waals surface area contributed by atoms with Crippen LogP contribution in [0.15, 0.2) is 22.1 Å². The second-order valence-corrected chi connectivity index (χ2v) is 5.60. The first-order chi connectivity index (χ1) is 5.82. The average molecular weight is 196 g/mol. The Balaban J connectivity index is 2.92. The van der Waals surface area contributed by atoms with Gasteiger partial charge in [0.1, 0.15) is 0 Å². The summed E-state index contributed by atoms with van der Waals surface area (Å²) in [5, 5.41) is 0. The summed E-state index contributed by atoms with van der Waals surface area (Å²) in [5.41, 5.74) is 3.15. The van der Waals surface area contributed by atoms with Crippen LogP contribution in [0.3, 0.4) is 0 Å². The van der Waals surface area contributed by atoms with Crippen LogP contribution in [-0.4, -0.2) is 0 Å². The van der Waals surface area contributed by atoms with E-state index in [2.05, 4.69) is 53.3 Å². The first kappa shape index (κ1) is 10.9. The summed E-state index contributed by atoms with van der Waals surface area (Å²) in [6.07, 6.45) is 3.54. The van der Waals surface area contributed by atoms with Crippen LogP contribution in [-0.2, 0) is 0 Å². The molecule has 0 aromatic heterocycles. The van der Waals surface area contributed by atoms with Crippen LogP contribution in [0, 0.1) is 11.3 Å². The molecule has 0 N–H and O–H groups in total. The Morgan fingerprint density at radius 3 is 2.23 bits per heavy atom. The molecular formula is C12H20S. The van der Waals surface area contributed by atoms with Gasteiger partial charge in [-0.25, -0.2) is 0 Å². The summed E-state index contributed by atoms with van der Waals surface area (Å²) in [6, 6.07) is 0. The fraction of sp³-hybridized carbons (Fsp3) is 0.667. The molecule has 0 radical (unpaired) electrons. The number of thiol groups is 1. The van der Waals surface area contributed by atoms with E-state index in [1.807, 2.05) is 0 Å². The molecule has 0 bridgehead atoms. The summed E-state index contributed by atoms with van der Waals surface area (Å²) in [5.74, 6) is 0.670. The molecule has 1 rings (SSSR count). The fourth-order valence-electron chi connectivity index (χ4n) is 1.76. The molecule has 1 heteroatoms. The average Bonchev–Trinajstić information content (AvgIpc) is 1.97. The molecule has 0 aromatic rings. The number of rotatable bonds is 0. The molecule has 0 fully saturated rings. The largest absolute Gasteiger partial charge is 0.143 e. The van der Waals surface area contributed by atoms with E-state index < -0.39 is 0 Å². The SMILES string of the molecule is CC1=CC(C(C)(C)C)CC(C)=C1S. The van der Waals surface area contributed by atoms with E-state index in [1.165, 1.54) is 22.5 Å². The van der Waals surface area contributed by atoms with Gasteiger partial charge in [0.05, 0.1) is 0 Å². The predicted octanol–water partition coefficient (Wildman–Crippen LogP) is 4.20. The zero-order valence-electron chi connectivity index (χ0n) is 9.31. The molecule has 1 aliphatic rings. The summed E-state index contributed by atoms with van der Waals surface area (Å²) in [6.45, 7) is 11.3. The third kappa shape index (κ3) is 2.40. The van der Waals surface area contributed by atoms with Crippen LogP contribution in [0.4, 0.5) is 0 Å². The standard InChI is InChI=1S/C12H20S/c1-8-6-10(12(3,4)5)7-9(2)11(8)13/h6,10,13H,7H2,1-5H3. The van der Waals surface area contributed by atoms with Gasteiger partial charge in [0.15, 0.2) is 0 Å². The number of allylic oxidation sites excluding steroid dienone is 3. The van der Waals surface area contributed by atoms with E-state index >= 15 is 0 Å². The van der Waals surface area contributed by atoms with Gasteiger partial charge in [-0.2, -0.15) is 0 Å². The van der Waals surface area contributed by atoms with E-state index in [-0.39, 0.29) is 0 Å². The molecule has 0 saturated carbocycles. The minimum atomic E-state index is 0.372. The van der Waals surface area contributed by atoms with Crippen molar-refractivity contribution in [3.05, 3.63) is 22.1 Å². The lowest BCUT2D eigenvalue weighted by atomic mass is 9.74. The lowest BCUT2D eigenvalue weighted by molar-refractivity contribution is 0.288. The van der Waals surface area contributed by atoms with Crippen molar-refractivity contribution in [1.29, 1.82) is 0 Å². The third-order valence-electron chi connectivity index (χ3n) is 2.87. The first-order valence-electron chi connectivity index (χ1n) is 4.90. The van der Waals surface area contributed by atoms with Gasteiger partial charge >= 0.3 is 0 Å². The first-order valence-corrected chi connectivity index (χ1v) is 5.34. The minimum absolute atomic E-state index is 0.372. The van der Waals surface area contributed by atoms with E-state index in [0.29, 0.717) is 11.3 Å². The third-order valence-corrected chi connectivity index (χ3v) is 3.60. The molecule has 13 heavy (non-hydrogen) atoms. The van der Waals surface area contributed by atoms with Crippen molar-refractivity contribution in [3.8, 4) is 0 Å². The van der Waals surface area contributed by atoms with Gasteiger partial charge in [0, 0.05) is 4.91 Å². The highest BCUT2D eigenvalue weighted by Gasteiger charge is 2.26. The second kappa shape index (κ2) is 3.53. The quantitative estimate of drug-likeness (QED) is 0.551. The minimum Gasteiger partial charge on any atom is -0.143 e. The molecule has 0 spiro atoms.